The third-order valence-electron chi connectivity index (χ3n) is 3.88. The molecule has 1 aliphatic heterocycles. The highest BCUT2D eigenvalue weighted by molar-refractivity contribution is 6.00. The Hall–Kier alpha value is -2.24. The van der Waals surface area contributed by atoms with Crippen LogP contribution in [0.25, 0.3) is 0 Å². The van der Waals surface area contributed by atoms with E-state index in [1.54, 1.807) is 25.2 Å². The third kappa shape index (κ3) is 2.41. The molecule has 0 bridgehead atoms. The molecule has 1 aromatic carbocycles. The average molecular weight is 276 g/mol. The summed E-state index contributed by atoms with van der Waals surface area (Å²) in [6, 6.07) is 5.09. The van der Waals surface area contributed by atoms with Gasteiger partial charge >= 0.3 is 0 Å². The van der Waals surface area contributed by atoms with Crippen LogP contribution in [0.1, 0.15) is 23.7 Å². The molecule has 1 aromatic rings. The number of hydrogen-bond acceptors (Lipinski definition) is 4. The summed E-state index contributed by atoms with van der Waals surface area (Å²) < 4.78 is 0. The topological polar surface area (TPSA) is 101 Å². The number of amides is 2. The van der Waals surface area contributed by atoms with Crippen molar-refractivity contribution in [2.24, 2.45) is 11.1 Å². The molecule has 20 heavy (non-hydrogen) atoms. The third-order valence-corrected chi connectivity index (χ3v) is 3.88. The van der Waals surface area contributed by atoms with Crippen LogP contribution in [0.3, 0.4) is 0 Å². The van der Waals surface area contributed by atoms with Gasteiger partial charge in [-0.3, -0.25) is 9.59 Å². The Morgan fingerprint density at radius 1 is 1.40 bits per heavy atom. The minimum absolute atomic E-state index is 0.0103. The van der Waals surface area contributed by atoms with E-state index in [9.17, 15) is 9.59 Å². The number of nitrogens with zero attached hydrogens (tertiary/aromatic N) is 1. The zero-order valence-electron chi connectivity index (χ0n) is 11.8. The second kappa shape index (κ2) is 5.03. The van der Waals surface area contributed by atoms with E-state index in [-0.39, 0.29) is 5.91 Å². The van der Waals surface area contributed by atoms with E-state index in [0.717, 1.165) is 12.1 Å². The van der Waals surface area contributed by atoms with Crippen LogP contribution in [0.4, 0.5) is 11.4 Å². The van der Waals surface area contributed by atoms with Crippen molar-refractivity contribution in [2.75, 3.05) is 30.8 Å². The number of nitrogens with one attached hydrogen (secondary N) is 1. The van der Waals surface area contributed by atoms with Crippen molar-refractivity contribution >= 4 is 23.2 Å². The lowest BCUT2D eigenvalue weighted by molar-refractivity contribution is -0.128. The number of nitrogen functional groups attached to an aromatic ring is 1. The summed E-state index contributed by atoms with van der Waals surface area (Å²) >= 11 is 0. The molecule has 5 N–H and O–H groups in total. The van der Waals surface area contributed by atoms with Crippen LogP contribution in [0.2, 0.25) is 0 Å². The standard InChI is InChI=1S/C14H20N4O2/c1-14(13(20)17-2)5-6-18(8-14)11-4-3-9(15)7-10(11)12(16)19/h3-4,7H,5-6,8,15H2,1-2H3,(H2,16,19)(H,17,20). The summed E-state index contributed by atoms with van der Waals surface area (Å²) in [5.41, 5.74) is 12.3. The van der Waals surface area contributed by atoms with Gasteiger partial charge in [-0.25, -0.2) is 0 Å². The van der Waals surface area contributed by atoms with Crippen LogP contribution in [0.5, 0.6) is 0 Å². The van der Waals surface area contributed by atoms with Crippen molar-refractivity contribution in [3.8, 4) is 0 Å². The lowest BCUT2D eigenvalue weighted by Gasteiger charge is -2.25. The first kappa shape index (κ1) is 14.2. The molecule has 2 rings (SSSR count). The Kier molecular flexibility index (Phi) is 3.57. The molecule has 6 nitrogen and oxygen atoms in total. The molecule has 0 radical (unpaired) electrons. The van der Waals surface area contributed by atoms with E-state index < -0.39 is 11.3 Å². The maximum Gasteiger partial charge on any atom is 0.250 e. The predicted octanol–water partition coefficient (Wildman–Crippen LogP) is 0.330. The molecule has 108 valence electrons. The fourth-order valence-corrected chi connectivity index (χ4v) is 2.68. The molecule has 1 unspecified atom stereocenters. The van der Waals surface area contributed by atoms with Crippen molar-refractivity contribution in [3.63, 3.8) is 0 Å². The Bertz CT molecular complexity index is 558. The largest absolute Gasteiger partial charge is 0.399 e. The van der Waals surface area contributed by atoms with Crippen LogP contribution in [0.15, 0.2) is 18.2 Å². The number of rotatable bonds is 3. The van der Waals surface area contributed by atoms with E-state index in [2.05, 4.69) is 5.32 Å². The van der Waals surface area contributed by atoms with Gasteiger partial charge in [-0.1, -0.05) is 0 Å². The van der Waals surface area contributed by atoms with Gasteiger partial charge in [0.05, 0.1) is 11.0 Å². The first-order valence-corrected chi connectivity index (χ1v) is 6.54. The van der Waals surface area contributed by atoms with E-state index in [1.807, 2.05) is 11.8 Å². The van der Waals surface area contributed by atoms with E-state index in [0.29, 0.717) is 24.3 Å². The highest BCUT2D eigenvalue weighted by Gasteiger charge is 2.40. The van der Waals surface area contributed by atoms with Gasteiger partial charge in [-0.15, -0.1) is 0 Å². The van der Waals surface area contributed by atoms with Gasteiger partial charge < -0.3 is 21.7 Å². The van der Waals surface area contributed by atoms with Crippen LogP contribution < -0.4 is 21.7 Å². The normalized spacial score (nSPS) is 21.8. The lowest BCUT2D eigenvalue weighted by atomic mass is 9.89. The molecule has 1 heterocycles. The SMILES string of the molecule is CNC(=O)C1(C)CCN(c2ccc(N)cc2C(N)=O)C1. The van der Waals surface area contributed by atoms with E-state index in [1.165, 1.54) is 0 Å². The number of hydrogen-bond donors (Lipinski definition) is 3. The van der Waals surface area contributed by atoms with Crippen LogP contribution in [-0.2, 0) is 4.79 Å². The molecule has 0 saturated carbocycles. The first-order chi connectivity index (χ1) is 9.37. The van der Waals surface area contributed by atoms with Gasteiger partial charge in [0, 0.05) is 31.5 Å². The molecule has 1 aliphatic rings. The molecule has 1 fully saturated rings. The number of carbonyl (C=O) groups excluding carboxylic acids is 2. The van der Waals surface area contributed by atoms with Gasteiger partial charge in [-0.2, -0.15) is 0 Å². The Morgan fingerprint density at radius 3 is 2.70 bits per heavy atom. The van der Waals surface area contributed by atoms with E-state index in [4.69, 9.17) is 11.5 Å². The second-order valence-electron chi connectivity index (χ2n) is 5.45. The molecule has 6 heteroatoms. The van der Waals surface area contributed by atoms with Crippen molar-refractivity contribution in [3.05, 3.63) is 23.8 Å². The molecule has 0 aromatic heterocycles. The van der Waals surface area contributed by atoms with Crippen LogP contribution >= 0.6 is 0 Å². The number of primary amides is 1. The zero-order chi connectivity index (χ0) is 14.9. The minimum atomic E-state index is -0.513. The van der Waals surface area contributed by atoms with Crippen molar-refractivity contribution in [1.29, 1.82) is 0 Å². The molecule has 1 atom stereocenters. The average Bonchev–Trinajstić information content (AvgIpc) is 2.81. The van der Waals surface area contributed by atoms with Gasteiger partial charge in [0.2, 0.25) is 5.91 Å². The summed E-state index contributed by atoms with van der Waals surface area (Å²) in [6.45, 7) is 3.18. The minimum Gasteiger partial charge on any atom is -0.399 e. The lowest BCUT2D eigenvalue weighted by Crippen LogP contribution is -2.39. The molecular weight excluding hydrogens is 256 g/mol. The predicted molar refractivity (Wildman–Crippen MR) is 78.4 cm³/mol. The summed E-state index contributed by atoms with van der Waals surface area (Å²) in [5.74, 6) is -0.503. The molecule has 2 amide bonds. The van der Waals surface area contributed by atoms with Gasteiger partial charge in [-0.05, 0) is 31.5 Å². The Morgan fingerprint density at radius 2 is 2.10 bits per heavy atom. The summed E-state index contributed by atoms with van der Waals surface area (Å²) in [6.07, 6.45) is 0.731. The number of carbonyl (C=O) groups is 2. The van der Waals surface area contributed by atoms with Crippen LogP contribution in [0, 0.1) is 5.41 Å². The number of benzene rings is 1. The summed E-state index contributed by atoms with van der Waals surface area (Å²) in [7, 11) is 1.63. The zero-order valence-corrected chi connectivity index (χ0v) is 11.8. The fourth-order valence-electron chi connectivity index (χ4n) is 2.68. The molecule has 0 spiro atoms. The van der Waals surface area contributed by atoms with E-state index >= 15 is 0 Å². The highest BCUT2D eigenvalue weighted by Crippen LogP contribution is 2.35. The Labute approximate surface area is 118 Å². The van der Waals surface area contributed by atoms with Crippen LogP contribution in [-0.4, -0.2) is 32.0 Å². The maximum absolute atomic E-state index is 11.9. The smallest absolute Gasteiger partial charge is 0.250 e. The number of nitrogens with two attached hydrogens (primary N) is 2. The summed E-state index contributed by atoms with van der Waals surface area (Å²) in [5, 5.41) is 2.69. The molecule has 1 saturated heterocycles. The van der Waals surface area contributed by atoms with Gasteiger partial charge in [0.1, 0.15) is 0 Å². The number of anilines is 2. The molecule has 0 aliphatic carbocycles. The van der Waals surface area contributed by atoms with Gasteiger partial charge in [0.15, 0.2) is 0 Å². The Balaban J connectivity index is 2.31. The second-order valence-corrected chi connectivity index (χ2v) is 5.45. The van der Waals surface area contributed by atoms with Crippen molar-refractivity contribution in [2.45, 2.75) is 13.3 Å². The fraction of sp³-hybridized carbons (Fsp3) is 0.429. The first-order valence-electron chi connectivity index (χ1n) is 6.54. The van der Waals surface area contributed by atoms with Crippen molar-refractivity contribution in [1.82, 2.24) is 5.32 Å². The maximum atomic E-state index is 11.9. The van der Waals surface area contributed by atoms with Crippen molar-refractivity contribution < 1.29 is 9.59 Å². The monoisotopic (exact) mass is 276 g/mol. The summed E-state index contributed by atoms with van der Waals surface area (Å²) in [4.78, 5) is 25.5. The van der Waals surface area contributed by atoms with Gasteiger partial charge in [0.25, 0.3) is 5.91 Å². The molecular formula is C14H20N4O2. The quantitative estimate of drug-likeness (QED) is 0.692. The highest BCUT2D eigenvalue weighted by atomic mass is 16.2.